The SMILES string of the molecule is Nc1nc2cc(C(=O)O)ccn2c1Br. The molecule has 0 aliphatic heterocycles. The first-order valence-corrected chi connectivity index (χ1v) is 4.55. The molecule has 0 aliphatic carbocycles. The van der Waals surface area contributed by atoms with Gasteiger partial charge in [-0.25, -0.2) is 9.78 Å². The predicted octanol–water partition coefficient (Wildman–Crippen LogP) is 1.38. The number of nitrogens with two attached hydrogens (primary N) is 1. The van der Waals surface area contributed by atoms with E-state index in [1.54, 1.807) is 10.6 Å². The molecule has 0 atom stereocenters. The van der Waals surface area contributed by atoms with Gasteiger partial charge in [0.2, 0.25) is 0 Å². The Morgan fingerprint density at radius 3 is 3.00 bits per heavy atom. The molecule has 0 spiro atoms. The highest BCUT2D eigenvalue weighted by Gasteiger charge is 2.09. The van der Waals surface area contributed by atoms with E-state index in [9.17, 15) is 4.79 Å². The minimum absolute atomic E-state index is 0.190. The van der Waals surface area contributed by atoms with E-state index in [-0.39, 0.29) is 5.56 Å². The molecule has 72 valence electrons. The molecular weight excluding hydrogens is 250 g/mol. The van der Waals surface area contributed by atoms with Crippen molar-refractivity contribution >= 4 is 33.4 Å². The molecule has 0 unspecified atom stereocenters. The van der Waals surface area contributed by atoms with Gasteiger partial charge in [-0.2, -0.15) is 0 Å². The molecule has 0 saturated carbocycles. The first-order chi connectivity index (χ1) is 6.59. The van der Waals surface area contributed by atoms with Crippen LogP contribution >= 0.6 is 15.9 Å². The molecule has 0 amide bonds. The van der Waals surface area contributed by atoms with Crippen LogP contribution in [0.2, 0.25) is 0 Å². The normalized spacial score (nSPS) is 10.6. The first-order valence-electron chi connectivity index (χ1n) is 3.76. The quantitative estimate of drug-likeness (QED) is 0.807. The van der Waals surface area contributed by atoms with Gasteiger partial charge in [-0.15, -0.1) is 0 Å². The van der Waals surface area contributed by atoms with E-state index >= 15 is 0 Å². The molecule has 0 fully saturated rings. The summed E-state index contributed by atoms with van der Waals surface area (Å²) in [5.41, 5.74) is 6.25. The fourth-order valence-corrected chi connectivity index (χ4v) is 1.55. The van der Waals surface area contributed by atoms with Gasteiger partial charge in [0, 0.05) is 6.20 Å². The maximum absolute atomic E-state index is 10.7. The van der Waals surface area contributed by atoms with E-state index in [4.69, 9.17) is 10.8 Å². The molecule has 3 N–H and O–H groups in total. The number of fused-ring (bicyclic) bond motifs is 1. The highest BCUT2D eigenvalue weighted by molar-refractivity contribution is 9.10. The molecule has 0 radical (unpaired) electrons. The summed E-state index contributed by atoms with van der Waals surface area (Å²) < 4.78 is 2.30. The number of rotatable bonds is 1. The summed E-state index contributed by atoms with van der Waals surface area (Å²) in [4.78, 5) is 14.6. The van der Waals surface area contributed by atoms with Crippen LogP contribution in [0.4, 0.5) is 5.82 Å². The number of anilines is 1. The van der Waals surface area contributed by atoms with Crippen LogP contribution in [0.15, 0.2) is 22.9 Å². The van der Waals surface area contributed by atoms with Gasteiger partial charge in [0.25, 0.3) is 0 Å². The zero-order valence-corrected chi connectivity index (χ0v) is 8.52. The number of aromatic nitrogens is 2. The Labute approximate surface area is 87.3 Å². The third kappa shape index (κ3) is 1.24. The van der Waals surface area contributed by atoms with Gasteiger partial charge in [-0.3, -0.25) is 4.40 Å². The average Bonchev–Trinajstić information content (AvgIpc) is 2.42. The van der Waals surface area contributed by atoms with E-state index < -0.39 is 5.97 Å². The minimum Gasteiger partial charge on any atom is -0.478 e. The van der Waals surface area contributed by atoms with Crippen molar-refractivity contribution in [1.82, 2.24) is 9.38 Å². The zero-order chi connectivity index (χ0) is 10.3. The lowest BCUT2D eigenvalue weighted by Crippen LogP contribution is -1.97. The lowest BCUT2D eigenvalue weighted by atomic mass is 10.3. The second-order valence-electron chi connectivity index (χ2n) is 2.74. The van der Waals surface area contributed by atoms with Crippen LogP contribution in [0.3, 0.4) is 0 Å². The monoisotopic (exact) mass is 255 g/mol. The van der Waals surface area contributed by atoms with E-state index in [0.29, 0.717) is 16.1 Å². The lowest BCUT2D eigenvalue weighted by Gasteiger charge is -1.96. The zero-order valence-electron chi connectivity index (χ0n) is 6.94. The Balaban J connectivity index is 2.73. The predicted molar refractivity (Wildman–Crippen MR) is 54.3 cm³/mol. The fourth-order valence-electron chi connectivity index (χ4n) is 1.17. The number of carbonyl (C=O) groups is 1. The standard InChI is InChI=1S/C8H6BrN3O2/c9-6-7(10)11-5-3-4(8(13)14)1-2-12(5)6/h1-3H,10H2,(H,13,14). The summed E-state index contributed by atoms with van der Waals surface area (Å²) in [5, 5.41) is 8.74. The van der Waals surface area contributed by atoms with Crippen molar-refractivity contribution in [3.05, 3.63) is 28.5 Å². The number of pyridine rings is 1. The minimum atomic E-state index is -0.981. The number of nitrogens with zero attached hydrogens (tertiary/aromatic N) is 2. The highest BCUT2D eigenvalue weighted by atomic mass is 79.9. The summed E-state index contributed by atoms with van der Waals surface area (Å²) in [5.74, 6) is -0.641. The molecule has 2 aromatic rings. The Morgan fingerprint density at radius 1 is 1.64 bits per heavy atom. The topological polar surface area (TPSA) is 80.6 Å². The van der Waals surface area contributed by atoms with E-state index in [1.807, 2.05) is 0 Å². The number of hydrogen-bond donors (Lipinski definition) is 2. The second-order valence-corrected chi connectivity index (χ2v) is 3.49. The number of carboxylic acids is 1. The van der Waals surface area contributed by atoms with Crippen LogP contribution < -0.4 is 5.73 Å². The first kappa shape index (κ1) is 9.01. The highest BCUT2D eigenvalue weighted by Crippen LogP contribution is 2.21. The van der Waals surface area contributed by atoms with Crippen molar-refractivity contribution in [1.29, 1.82) is 0 Å². The number of halogens is 1. The van der Waals surface area contributed by atoms with Crippen LogP contribution in [0.25, 0.3) is 5.65 Å². The van der Waals surface area contributed by atoms with Crippen LogP contribution in [0.1, 0.15) is 10.4 Å². The number of aromatic carboxylic acids is 1. The Morgan fingerprint density at radius 2 is 2.36 bits per heavy atom. The summed E-state index contributed by atoms with van der Waals surface area (Å²) in [6, 6.07) is 2.95. The van der Waals surface area contributed by atoms with Gasteiger partial charge in [-0.1, -0.05) is 0 Å². The summed E-state index contributed by atoms with van der Waals surface area (Å²) in [6.45, 7) is 0. The summed E-state index contributed by atoms with van der Waals surface area (Å²) >= 11 is 3.24. The van der Waals surface area contributed by atoms with Crippen LogP contribution in [-0.4, -0.2) is 20.5 Å². The number of hydrogen-bond acceptors (Lipinski definition) is 3. The Kier molecular flexibility index (Phi) is 1.92. The lowest BCUT2D eigenvalue weighted by molar-refractivity contribution is 0.0697. The van der Waals surface area contributed by atoms with E-state index in [0.717, 1.165) is 0 Å². The third-order valence-corrected chi connectivity index (χ3v) is 2.63. The molecule has 0 aromatic carbocycles. The Hall–Kier alpha value is -1.56. The molecule has 2 heterocycles. The molecule has 0 aliphatic rings. The second kappa shape index (κ2) is 2.98. The Bertz CT molecular complexity index is 521. The smallest absolute Gasteiger partial charge is 0.335 e. The van der Waals surface area contributed by atoms with Crippen LogP contribution in [0.5, 0.6) is 0 Å². The summed E-state index contributed by atoms with van der Waals surface area (Å²) in [7, 11) is 0. The van der Waals surface area contributed by atoms with Crippen molar-refractivity contribution in [2.45, 2.75) is 0 Å². The van der Waals surface area contributed by atoms with Crippen molar-refractivity contribution in [2.24, 2.45) is 0 Å². The van der Waals surface area contributed by atoms with Gasteiger partial charge < -0.3 is 10.8 Å². The number of imidazole rings is 1. The van der Waals surface area contributed by atoms with Crippen LogP contribution in [-0.2, 0) is 0 Å². The van der Waals surface area contributed by atoms with Crippen molar-refractivity contribution in [3.63, 3.8) is 0 Å². The maximum Gasteiger partial charge on any atom is 0.335 e. The van der Waals surface area contributed by atoms with Gasteiger partial charge in [0.1, 0.15) is 10.3 Å². The average molecular weight is 256 g/mol. The van der Waals surface area contributed by atoms with E-state index in [2.05, 4.69) is 20.9 Å². The molecule has 2 rings (SSSR count). The van der Waals surface area contributed by atoms with Gasteiger partial charge in [0.05, 0.1) is 5.56 Å². The fraction of sp³-hybridized carbons (Fsp3) is 0. The maximum atomic E-state index is 10.7. The molecule has 0 saturated heterocycles. The van der Waals surface area contributed by atoms with E-state index in [1.165, 1.54) is 12.1 Å². The molecule has 0 bridgehead atoms. The van der Waals surface area contributed by atoms with Crippen molar-refractivity contribution in [3.8, 4) is 0 Å². The van der Waals surface area contributed by atoms with Crippen LogP contribution in [0, 0.1) is 0 Å². The molecular formula is C8H6BrN3O2. The summed E-state index contributed by atoms with van der Waals surface area (Å²) in [6.07, 6.45) is 1.60. The van der Waals surface area contributed by atoms with Gasteiger partial charge in [-0.05, 0) is 28.1 Å². The van der Waals surface area contributed by atoms with Crippen molar-refractivity contribution < 1.29 is 9.90 Å². The molecule has 2 aromatic heterocycles. The molecule has 6 heteroatoms. The van der Waals surface area contributed by atoms with Gasteiger partial charge in [0.15, 0.2) is 5.82 Å². The third-order valence-electron chi connectivity index (χ3n) is 1.84. The van der Waals surface area contributed by atoms with Crippen molar-refractivity contribution in [2.75, 3.05) is 5.73 Å². The largest absolute Gasteiger partial charge is 0.478 e. The van der Waals surface area contributed by atoms with Gasteiger partial charge >= 0.3 is 5.97 Å². The molecule has 5 nitrogen and oxygen atoms in total. The number of nitrogen functional groups attached to an aromatic ring is 1. The number of carboxylic acid groups (broad SMARTS) is 1. The molecule has 14 heavy (non-hydrogen) atoms.